The van der Waals surface area contributed by atoms with Gasteiger partial charge in [-0.3, -0.25) is 9.80 Å². The Labute approximate surface area is 232 Å². The van der Waals surface area contributed by atoms with E-state index in [1.54, 1.807) is 51.8 Å². The summed E-state index contributed by atoms with van der Waals surface area (Å²) in [5.74, 6) is 0.366. The molecule has 4 rings (SSSR count). The first-order valence-corrected chi connectivity index (χ1v) is 13.4. The molecule has 8 nitrogen and oxygen atoms in total. The van der Waals surface area contributed by atoms with Gasteiger partial charge in [-0.1, -0.05) is 11.6 Å². The number of alkyl halides is 3. The van der Waals surface area contributed by atoms with E-state index in [-0.39, 0.29) is 18.2 Å². The fourth-order valence-electron chi connectivity index (χ4n) is 5.10. The molecule has 0 radical (unpaired) electrons. The van der Waals surface area contributed by atoms with Crippen molar-refractivity contribution in [3.63, 3.8) is 0 Å². The Bertz CT molecular complexity index is 1250. The minimum absolute atomic E-state index is 0.0426. The summed E-state index contributed by atoms with van der Waals surface area (Å²) in [5.41, 5.74) is 0.576. The van der Waals surface area contributed by atoms with Crippen LogP contribution in [0.15, 0.2) is 30.5 Å². The van der Waals surface area contributed by atoms with Crippen LogP contribution in [0.3, 0.4) is 0 Å². The average Bonchev–Trinajstić information content (AvgIpc) is 3.12. The highest BCUT2D eigenvalue weighted by molar-refractivity contribution is 5.88. The van der Waals surface area contributed by atoms with Crippen LogP contribution < -0.4 is 4.90 Å². The Balaban J connectivity index is 1.67. The number of aromatic nitrogens is 1. The molecule has 2 aliphatic heterocycles. The summed E-state index contributed by atoms with van der Waals surface area (Å²) in [4.78, 5) is 34.1. The molecule has 2 saturated heterocycles. The van der Waals surface area contributed by atoms with E-state index < -0.39 is 41.7 Å². The Morgan fingerprint density at radius 2 is 1.77 bits per heavy atom. The van der Waals surface area contributed by atoms with Crippen LogP contribution >= 0.6 is 0 Å². The first-order chi connectivity index (χ1) is 18.6. The number of hydrogen-bond acceptors (Lipinski definition) is 6. The van der Waals surface area contributed by atoms with Crippen LogP contribution in [-0.4, -0.2) is 53.0 Å². The van der Waals surface area contributed by atoms with Crippen molar-refractivity contribution < 1.29 is 37.0 Å². The molecule has 0 bridgehead atoms. The normalized spacial score (nSPS) is 20.4. The molecule has 3 heterocycles. The average molecular weight is 564 g/mol. The van der Waals surface area contributed by atoms with E-state index in [9.17, 15) is 22.8 Å². The van der Waals surface area contributed by atoms with Crippen molar-refractivity contribution >= 4 is 18.0 Å². The maximum atomic E-state index is 13.5. The molecule has 40 heavy (non-hydrogen) atoms. The predicted octanol–water partition coefficient (Wildman–Crippen LogP) is 6.72. The molecule has 0 unspecified atom stereocenters. The highest BCUT2D eigenvalue weighted by atomic mass is 19.4. The number of pyridine rings is 1. The molecule has 11 heteroatoms. The summed E-state index contributed by atoms with van der Waals surface area (Å²) in [6.07, 6.45) is -3.80. The number of benzene rings is 1. The number of halogens is 3. The van der Waals surface area contributed by atoms with Crippen LogP contribution in [-0.2, 0) is 26.9 Å². The number of anilines is 1. The Hall–Kier alpha value is -3.34. The first kappa shape index (κ1) is 29.6. The van der Waals surface area contributed by atoms with Crippen LogP contribution in [0.4, 0.5) is 28.6 Å². The van der Waals surface area contributed by atoms with Crippen molar-refractivity contribution in [2.45, 2.75) is 90.9 Å². The van der Waals surface area contributed by atoms with E-state index in [0.29, 0.717) is 43.0 Å². The number of rotatable bonds is 5. The van der Waals surface area contributed by atoms with Gasteiger partial charge in [-0.25, -0.2) is 14.6 Å². The second-order valence-corrected chi connectivity index (χ2v) is 11.5. The van der Waals surface area contributed by atoms with Gasteiger partial charge >= 0.3 is 18.4 Å². The van der Waals surface area contributed by atoms with Gasteiger partial charge in [0.2, 0.25) is 0 Å². The molecule has 0 spiro atoms. The van der Waals surface area contributed by atoms with E-state index in [0.717, 1.165) is 17.7 Å². The zero-order valence-corrected chi connectivity index (χ0v) is 23.7. The van der Waals surface area contributed by atoms with Crippen LogP contribution in [0.5, 0.6) is 0 Å². The number of amides is 2. The van der Waals surface area contributed by atoms with Crippen LogP contribution in [0.25, 0.3) is 0 Å². The molecule has 0 aliphatic carbocycles. The zero-order valence-electron chi connectivity index (χ0n) is 23.7. The Morgan fingerprint density at radius 1 is 1.10 bits per heavy atom. The molecule has 1 aromatic carbocycles. The summed E-state index contributed by atoms with van der Waals surface area (Å²) in [6, 6.07) is 4.74. The van der Waals surface area contributed by atoms with Crippen molar-refractivity contribution in [3.05, 3.63) is 58.3 Å². The van der Waals surface area contributed by atoms with Crippen molar-refractivity contribution in [3.8, 4) is 0 Å². The smallest absolute Gasteiger partial charge is 0.416 e. The first-order valence-electron chi connectivity index (χ1n) is 13.4. The minimum Gasteiger partial charge on any atom is -0.443 e. The molecule has 2 atom stereocenters. The van der Waals surface area contributed by atoms with Gasteiger partial charge < -0.3 is 14.2 Å². The Kier molecular flexibility index (Phi) is 8.35. The summed E-state index contributed by atoms with van der Waals surface area (Å²) < 4.78 is 57.3. The minimum atomic E-state index is -4.52. The van der Waals surface area contributed by atoms with Gasteiger partial charge in [-0.2, -0.15) is 13.2 Å². The third-order valence-electron chi connectivity index (χ3n) is 6.94. The molecular formula is C29H36F3N3O5. The monoisotopic (exact) mass is 563 g/mol. The standard InChI is InChI=1S/C29H36F3N3O5/c1-17-11-20(14-22(13-17)29(30,31)32)24-19(3)34(26(36)39-24)16-21-12-18(2)15-33-25(21)35(23-7-9-38-10-8-23)27(37)40-28(4,5)6/h11-15,19,23-24H,7-10,16H2,1-6H3/t19-,24-/m0/s1. The van der Waals surface area contributed by atoms with Gasteiger partial charge in [0.25, 0.3) is 0 Å². The SMILES string of the molecule is Cc1cc([C@H]2OC(=O)N(Cc3cc(C)cnc3N(C(=O)OC(C)(C)C)C3CCOCC3)[C@H]2C)cc(C(F)(F)F)c1. The molecular weight excluding hydrogens is 527 g/mol. The Morgan fingerprint density at radius 3 is 2.40 bits per heavy atom. The molecule has 2 aliphatic rings. The maximum Gasteiger partial charge on any atom is 0.416 e. The molecule has 2 aromatic rings. The van der Waals surface area contributed by atoms with E-state index in [2.05, 4.69) is 4.98 Å². The lowest BCUT2D eigenvalue weighted by Crippen LogP contribution is -2.47. The summed E-state index contributed by atoms with van der Waals surface area (Å²) in [6.45, 7) is 11.5. The van der Waals surface area contributed by atoms with Gasteiger partial charge in [0.05, 0.1) is 18.2 Å². The fraction of sp³-hybridized carbons (Fsp3) is 0.552. The van der Waals surface area contributed by atoms with Crippen molar-refractivity contribution in [2.24, 2.45) is 0 Å². The highest BCUT2D eigenvalue weighted by Gasteiger charge is 2.42. The van der Waals surface area contributed by atoms with Gasteiger partial charge in [0, 0.05) is 31.0 Å². The predicted molar refractivity (Wildman–Crippen MR) is 142 cm³/mol. The van der Waals surface area contributed by atoms with Gasteiger partial charge in [0.15, 0.2) is 0 Å². The molecule has 2 amide bonds. The van der Waals surface area contributed by atoms with E-state index >= 15 is 0 Å². The molecule has 2 fully saturated rings. The second kappa shape index (κ2) is 11.3. The summed E-state index contributed by atoms with van der Waals surface area (Å²) in [5, 5.41) is 0. The molecule has 1 aromatic heterocycles. The second-order valence-electron chi connectivity index (χ2n) is 11.5. The number of hydrogen-bond donors (Lipinski definition) is 0. The maximum absolute atomic E-state index is 13.5. The largest absolute Gasteiger partial charge is 0.443 e. The van der Waals surface area contributed by atoms with Gasteiger partial charge in [0.1, 0.15) is 17.5 Å². The van der Waals surface area contributed by atoms with E-state index in [1.807, 2.05) is 13.0 Å². The third kappa shape index (κ3) is 6.68. The summed E-state index contributed by atoms with van der Waals surface area (Å²) >= 11 is 0. The van der Waals surface area contributed by atoms with Crippen LogP contribution in [0.2, 0.25) is 0 Å². The lowest BCUT2D eigenvalue weighted by atomic mass is 9.98. The lowest BCUT2D eigenvalue weighted by molar-refractivity contribution is -0.137. The number of aryl methyl sites for hydroxylation is 2. The van der Waals surface area contributed by atoms with Gasteiger partial charge in [-0.15, -0.1) is 0 Å². The van der Waals surface area contributed by atoms with Crippen molar-refractivity contribution in [1.82, 2.24) is 9.88 Å². The quantitative estimate of drug-likeness (QED) is 0.402. The van der Waals surface area contributed by atoms with E-state index in [1.165, 1.54) is 4.90 Å². The topological polar surface area (TPSA) is 81.2 Å². The van der Waals surface area contributed by atoms with Crippen LogP contribution in [0, 0.1) is 13.8 Å². The number of nitrogens with zero attached hydrogens (tertiary/aromatic N) is 3. The fourth-order valence-corrected chi connectivity index (χ4v) is 5.10. The number of carbonyl (C=O) groups is 2. The molecule has 0 saturated carbocycles. The number of ether oxygens (including phenoxy) is 3. The van der Waals surface area contributed by atoms with Gasteiger partial charge in [-0.05, 0) is 83.7 Å². The highest BCUT2D eigenvalue weighted by Crippen LogP contribution is 2.38. The van der Waals surface area contributed by atoms with Crippen molar-refractivity contribution in [1.29, 1.82) is 0 Å². The third-order valence-corrected chi connectivity index (χ3v) is 6.94. The number of cyclic esters (lactones) is 1. The summed E-state index contributed by atoms with van der Waals surface area (Å²) in [7, 11) is 0. The molecule has 0 N–H and O–H groups in total. The zero-order chi connectivity index (χ0) is 29.4. The van der Waals surface area contributed by atoms with E-state index in [4.69, 9.17) is 14.2 Å². The van der Waals surface area contributed by atoms with Crippen LogP contribution in [0.1, 0.15) is 74.5 Å². The number of carbonyl (C=O) groups excluding carboxylic acids is 2. The molecule has 218 valence electrons. The van der Waals surface area contributed by atoms with Crippen molar-refractivity contribution in [2.75, 3.05) is 18.1 Å². The lowest BCUT2D eigenvalue weighted by Gasteiger charge is -2.36.